The van der Waals surface area contributed by atoms with E-state index in [0.29, 0.717) is 0 Å². The quantitative estimate of drug-likeness (QED) is 0.537. The van der Waals surface area contributed by atoms with E-state index in [1.807, 2.05) is 0 Å². The van der Waals surface area contributed by atoms with Crippen molar-refractivity contribution in [3.05, 3.63) is 60.2 Å². The zero-order chi connectivity index (χ0) is 16.5. The fourth-order valence-electron chi connectivity index (χ4n) is 3.90. The molecule has 1 atom stereocenters. The molecule has 3 nitrogen and oxygen atoms in total. The van der Waals surface area contributed by atoms with Crippen LogP contribution in [0.1, 0.15) is 18.4 Å². The molecular formula is C21H21NO2. The van der Waals surface area contributed by atoms with Crippen molar-refractivity contribution in [3.63, 3.8) is 0 Å². The van der Waals surface area contributed by atoms with Gasteiger partial charge in [-0.15, -0.1) is 0 Å². The van der Waals surface area contributed by atoms with Crippen molar-refractivity contribution in [2.24, 2.45) is 0 Å². The highest BCUT2D eigenvalue weighted by molar-refractivity contribution is 6.08. The summed E-state index contributed by atoms with van der Waals surface area (Å²) in [7, 11) is 1.48. The first-order valence-electron chi connectivity index (χ1n) is 8.49. The molecule has 0 radical (unpaired) electrons. The molecule has 0 N–H and O–H groups in total. The smallest absolute Gasteiger partial charge is 0.323 e. The van der Waals surface area contributed by atoms with Crippen LogP contribution in [0.5, 0.6) is 0 Å². The Labute approximate surface area is 141 Å². The van der Waals surface area contributed by atoms with Gasteiger partial charge in [0.25, 0.3) is 0 Å². The molecule has 0 aliphatic carbocycles. The molecule has 1 unspecified atom stereocenters. The molecule has 1 fully saturated rings. The van der Waals surface area contributed by atoms with Gasteiger partial charge in [-0.25, -0.2) is 0 Å². The Balaban J connectivity index is 1.79. The van der Waals surface area contributed by atoms with Crippen LogP contribution in [0.2, 0.25) is 0 Å². The Bertz CT molecular complexity index is 903. The molecule has 1 aliphatic heterocycles. The van der Waals surface area contributed by atoms with Crippen molar-refractivity contribution in [1.82, 2.24) is 4.90 Å². The average molecular weight is 319 g/mol. The summed E-state index contributed by atoms with van der Waals surface area (Å²) in [5.41, 5.74) is 1.28. The molecule has 24 heavy (non-hydrogen) atoms. The third-order valence-electron chi connectivity index (χ3n) is 5.06. The van der Waals surface area contributed by atoms with Crippen LogP contribution >= 0.6 is 0 Å². The van der Waals surface area contributed by atoms with Crippen molar-refractivity contribution >= 4 is 27.5 Å². The highest BCUT2D eigenvalue weighted by Crippen LogP contribution is 2.31. The van der Waals surface area contributed by atoms with Gasteiger partial charge in [0, 0.05) is 6.54 Å². The Kier molecular flexibility index (Phi) is 3.95. The predicted octanol–water partition coefficient (Wildman–Crippen LogP) is 4.13. The first kappa shape index (κ1) is 15.2. The molecule has 4 rings (SSSR count). The number of likely N-dealkylation sites (tertiary alicyclic amines) is 1. The minimum absolute atomic E-state index is 0.111. The maximum absolute atomic E-state index is 12.0. The first-order valence-corrected chi connectivity index (χ1v) is 8.49. The normalized spacial score (nSPS) is 18.3. The molecule has 1 heterocycles. The fraction of sp³-hybridized carbons (Fsp3) is 0.286. The number of nitrogens with zero attached hydrogens (tertiary/aromatic N) is 1. The summed E-state index contributed by atoms with van der Waals surface area (Å²) in [5, 5.41) is 5.08. The fourth-order valence-corrected chi connectivity index (χ4v) is 3.90. The largest absolute Gasteiger partial charge is 0.468 e. The van der Waals surface area contributed by atoms with Crippen LogP contribution in [0.25, 0.3) is 21.5 Å². The van der Waals surface area contributed by atoms with Gasteiger partial charge in [-0.05, 0) is 52.6 Å². The summed E-state index contributed by atoms with van der Waals surface area (Å²) < 4.78 is 4.98. The Morgan fingerprint density at radius 3 is 2.58 bits per heavy atom. The molecule has 0 bridgehead atoms. The Morgan fingerprint density at radius 1 is 1.08 bits per heavy atom. The highest BCUT2D eigenvalue weighted by atomic mass is 16.5. The number of carbonyl (C=O) groups is 1. The molecule has 3 aromatic rings. The number of esters is 1. The summed E-state index contributed by atoms with van der Waals surface area (Å²) in [4.78, 5) is 14.3. The van der Waals surface area contributed by atoms with Gasteiger partial charge in [-0.2, -0.15) is 0 Å². The predicted molar refractivity (Wildman–Crippen MR) is 96.9 cm³/mol. The lowest BCUT2D eigenvalue weighted by molar-refractivity contribution is -0.146. The second-order valence-electron chi connectivity index (χ2n) is 6.45. The highest BCUT2D eigenvalue weighted by Gasteiger charge is 2.31. The van der Waals surface area contributed by atoms with E-state index in [1.165, 1.54) is 34.2 Å². The lowest BCUT2D eigenvalue weighted by Crippen LogP contribution is -2.36. The van der Waals surface area contributed by atoms with Crippen LogP contribution < -0.4 is 0 Å². The minimum Gasteiger partial charge on any atom is -0.468 e. The van der Waals surface area contributed by atoms with E-state index in [1.54, 1.807) is 0 Å². The van der Waals surface area contributed by atoms with Crippen LogP contribution in [0.4, 0.5) is 0 Å². The van der Waals surface area contributed by atoms with Gasteiger partial charge >= 0.3 is 5.97 Å². The molecule has 3 aromatic carbocycles. The molecule has 0 saturated carbocycles. The SMILES string of the molecule is COC(=O)C1CCCN1Cc1cc2ccccc2c2ccccc12. The van der Waals surface area contributed by atoms with Gasteiger partial charge in [-0.3, -0.25) is 9.69 Å². The molecule has 1 saturated heterocycles. The number of methoxy groups -OCH3 is 1. The average Bonchev–Trinajstić information content (AvgIpc) is 3.09. The molecule has 3 heteroatoms. The molecule has 1 aliphatic rings. The third kappa shape index (κ3) is 2.55. The van der Waals surface area contributed by atoms with Gasteiger partial charge in [0.2, 0.25) is 0 Å². The van der Waals surface area contributed by atoms with E-state index in [0.717, 1.165) is 25.9 Å². The van der Waals surface area contributed by atoms with Crippen LogP contribution in [0.3, 0.4) is 0 Å². The van der Waals surface area contributed by atoms with E-state index < -0.39 is 0 Å². The standard InChI is InChI=1S/C21H21NO2/c1-24-21(23)20-11-6-12-22(20)14-16-13-15-7-2-3-8-17(15)19-10-5-4-9-18(16)19/h2-5,7-10,13,20H,6,11-12,14H2,1H3. The molecular weight excluding hydrogens is 298 g/mol. The van der Waals surface area contributed by atoms with Crippen LogP contribution in [0.15, 0.2) is 54.6 Å². The van der Waals surface area contributed by atoms with Crippen LogP contribution in [-0.4, -0.2) is 30.6 Å². The number of ether oxygens (including phenoxy) is 1. The lowest BCUT2D eigenvalue weighted by Gasteiger charge is -2.23. The number of rotatable bonds is 3. The summed E-state index contributed by atoms with van der Waals surface area (Å²) in [6.07, 6.45) is 1.93. The van der Waals surface area contributed by atoms with Gasteiger partial charge in [-0.1, -0.05) is 48.5 Å². The summed E-state index contributed by atoms with van der Waals surface area (Å²) in [5.74, 6) is -0.113. The Morgan fingerprint density at radius 2 is 1.79 bits per heavy atom. The van der Waals surface area contributed by atoms with Crippen LogP contribution in [-0.2, 0) is 16.1 Å². The second-order valence-corrected chi connectivity index (χ2v) is 6.45. The minimum atomic E-state index is -0.113. The second kappa shape index (κ2) is 6.25. The summed E-state index contributed by atoms with van der Waals surface area (Å²) in [6.45, 7) is 1.73. The maximum Gasteiger partial charge on any atom is 0.323 e. The van der Waals surface area contributed by atoms with Crippen molar-refractivity contribution in [3.8, 4) is 0 Å². The third-order valence-corrected chi connectivity index (χ3v) is 5.06. The zero-order valence-corrected chi connectivity index (χ0v) is 13.9. The van der Waals surface area contributed by atoms with Crippen molar-refractivity contribution in [2.45, 2.75) is 25.4 Å². The number of carbonyl (C=O) groups excluding carboxylic acids is 1. The Hall–Kier alpha value is -2.39. The first-order chi connectivity index (χ1) is 11.8. The lowest BCUT2D eigenvalue weighted by atomic mass is 9.97. The van der Waals surface area contributed by atoms with E-state index in [-0.39, 0.29) is 12.0 Å². The van der Waals surface area contributed by atoms with E-state index in [2.05, 4.69) is 59.5 Å². The number of hydrogen-bond donors (Lipinski definition) is 0. The topological polar surface area (TPSA) is 29.5 Å². The summed E-state index contributed by atoms with van der Waals surface area (Å²) >= 11 is 0. The van der Waals surface area contributed by atoms with Gasteiger partial charge in [0.15, 0.2) is 0 Å². The molecule has 0 aromatic heterocycles. The monoisotopic (exact) mass is 319 g/mol. The maximum atomic E-state index is 12.0. The van der Waals surface area contributed by atoms with Gasteiger partial charge in [0.05, 0.1) is 7.11 Å². The van der Waals surface area contributed by atoms with E-state index in [4.69, 9.17) is 4.74 Å². The number of benzene rings is 3. The number of hydrogen-bond acceptors (Lipinski definition) is 3. The summed E-state index contributed by atoms with van der Waals surface area (Å²) in [6, 6.07) is 19.2. The molecule has 122 valence electrons. The molecule has 0 spiro atoms. The van der Waals surface area contributed by atoms with Gasteiger partial charge < -0.3 is 4.74 Å². The zero-order valence-electron chi connectivity index (χ0n) is 13.9. The number of fused-ring (bicyclic) bond motifs is 3. The van der Waals surface area contributed by atoms with Crippen molar-refractivity contribution in [1.29, 1.82) is 0 Å². The van der Waals surface area contributed by atoms with Crippen molar-refractivity contribution in [2.75, 3.05) is 13.7 Å². The van der Waals surface area contributed by atoms with E-state index >= 15 is 0 Å². The van der Waals surface area contributed by atoms with Gasteiger partial charge in [0.1, 0.15) is 6.04 Å². The van der Waals surface area contributed by atoms with Crippen LogP contribution in [0, 0.1) is 0 Å². The molecule has 0 amide bonds. The van der Waals surface area contributed by atoms with Crippen molar-refractivity contribution < 1.29 is 9.53 Å². The van der Waals surface area contributed by atoms with E-state index in [9.17, 15) is 4.79 Å².